The molecule has 3 heterocycles. The second kappa shape index (κ2) is 4.29. The van der Waals surface area contributed by atoms with Crippen LogP contribution in [0.15, 0.2) is 12.5 Å². The van der Waals surface area contributed by atoms with E-state index in [1.54, 1.807) is 6.20 Å². The predicted octanol–water partition coefficient (Wildman–Crippen LogP) is 1.50. The van der Waals surface area contributed by atoms with Crippen molar-refractivity contribution in [2.75, 3.05) is 5.32 Å². The van der Waals surface area contributed by atoms with Crippen LogP contribution in [0.1, 0.15) is 34.8 Å². The van der Waals surface area contributed by atoms with Crippen molar-refractivity contribution >= 4 is 11.7 Å². The number of fused-ring (bicyclic) bond motifs is 1. The fraction of sp³-hybridized carbons (Fsp3) is 0.417. The van der Waals surface area contributed by atoms with Crippen LogP contribution in [0.3, 0.4) is 0 Å². The first-order valence-corrected chi connectivity index (χ1v) is 6.11. The Hall–Kier alpha value is -2.11. The number of hydrogen-bond acceptors (Lipinski definition) is 3. The topological polar surface area (TPSA) is 75.6 Å². The fourth-order valence-electron chi connectivity index (χ4n) is 2.28. The van der Waals surface area contributed by atoms with Crippen molar-refractivity contribution in [3.05, 3.63) is 29.7 Å². The lowest BCUT2D eigenvalue weighted by molar-refractivity contribution is 0.102. The molecule has 2 aromatic rings. The van der Waals surface area contributed by atoms with Crippen molar-refractivity contribution in [2.45, 2.75) is 32.7 Å². The minimum absolute atomic E-state index is 0.193. The Kier molecular flexibility index (Phi) is 2.62. The minimum atomic E-state index is -0.193. The van der Waals surface area contributed by atoms with Crippen LogP contribution in [-0.4, -0.2) is 25.4 Å². The largest absolute Gasteiger partial charge is 0.348 e. The summed E-state index contributed by atoms with van der Waals surface area (Å²) in [7, 11) is 0. The number of nitrogens with zero attached hydrogens (tertiary/aromatic N) is 3. The summed E-state index contributed by atoms with van der Waals surface area (Å²) in [6, 6.07) is 0. The first-order valence-electron chi connectivity index (χ1n) is 6.11. The van der Waals surface area contributed by atoms with Gasteiger partial charge in [0.25, 0.3) is 5.91 Å². The maximum Gasteiger partial charge on any atom is 0.277 e. The molecular formula is C12H15N5O. The summed E-state index contributed by atoms with van der Waals surface area (Å²) in [5.41, 5.74) is 1.20. The zero-order valence-corrected chi connectivity index (χ0v) is 10.2. The van der Waals surface area contributed by atoms with Crippen molar-refractivity contribution < 1.29 is 4.79 Å². The SMILES string of the molecule is Cc1[nH]cnc1C(=O)Nc1cnc2n1CCCC2. The highest BCUT2D eigenvalue weighted by Gasteiger charge is 2.18. The smallest absolute Gasteiger partial charge is 0.277 e. The van der Waals surface area contributed by atoms with Crippen LogP contribution in [0, 0.1) is 6.92 Å². The van der Waals surface area contributed by atoms with E-state index in [4.69, 9.17) is 0 Å². The summed E-state index contributed by atoms with van der Waals surface area (Å²) in [5, 5.41) is 2.87. The van der Waals surface area contributed by atoms with E-state index in [1.165, 1.54) is 12.7 Å². The first kappa shape index (κ1) is 11.0. The maximum atomic E-state index is 12.0. The molecule has 1 aliphatic rings. The van der Waals surface area contributed by atoms with Gasteiger partial charge >= 0.3 is 0 Å². The van der Waals surface area contributed by atoms with E-state index in [9.17, 15) is 4.79 Å². The lowest BCUT2D eigenvalue weighted by Crippen LogP contribution is -2.19. The standard InChI is InChI=1S/C12H15N5O/c1-8-11(15-7-14-8)12(18)16-10-6-13-9-4-2-3-5-17(9)10/h6-7H,2-5H2,1H3,(H,14,15)(H,16,18). The van der Waals surface area contributed by atoms with Crippen LogP contribution < -0.4 is 5.32 Å². The number of carbonyl (C=O) groups excluding carboxylic acids is 1. The van der Waals surface area contributed by atoms with Gasteiger partial charge in [0.05, 0.1) is 12.5 Å². The number of aryl methyl sites for hydroxylation is 2. The maximum absolute atomic E-state index is 12.0. The number of aromatic amines is 1. The molecule has 0 fully saturated rings. The lowest BCUT2D eigenvalue weighted by atomic mass is 10.2. The number of amides is 1. The van der Waals surface area contributed by atoms with Crippen molar-refractivity contribution in [2.24, 2.45) is 0 Å². The van der Waals surface area contributed by atoms with Crippen LogP contribution >= 0.6 is 0 Å². The number of nitrogens with one attached hydrogen (secondary N) is 2. The quantitative estimate of drug-likeness (QED) is 0.842. The van der Waals surface area contributed by atoms with Crippen LogP contribution in [-0.2, 0) is 13.0 Å². The van der Waals surface area contributed by atoms with E-state index in [1.807, 2.05) is 6.92 Å². The Bertz CT molecular complexity index is 583. The molecule has 0 saturated carbocycles. The van der Waals surface area contributed by atoms with Gasteiger partial charge in [-0.25, -0.2) is 9.97 Å². The average molecular weight is 245 g/mol. The third-order valence-corrected chi connectivity index (χ3v) is 3.26. The van der Waals surface area contributed by atoms with E-state index in [0.717, 1.165) is 36.7 Å². The van der Waals surface area contributed by atoms with Gasteiger partial charge in [0, 0.05) is 18.7 Å². The molecule has 0 aliphatic carbocycles. The van der Waals surface area contributed by atoms with Gasteiger partial charge in [-0.15, -0.1) is 0 Å². The number of H-pyrrole nitrogens is 1. The molecule has 0 saturated heterocycles. The molecule has 1 aliphatic heterocycles. The summed E-state index contributed by atoms with van der Waals surface area (Å²) < 4.78 is 2.07. The number of imidazole rings is 2. The Morgan fingerprint density at radius 2 is 2.33 bits per heavy atom. The van der Waals surface area contributed by atoms with Gasteiger partial charge in [-0.2, -0.15) is 0 Å². The van der Waals surface area contributed by atoms with Crippen LogP contribution in [0.5, 0.6) is 0 Å². The highest BCUT2D eigenvalue weighted by atomic mass is 16.2. The van der Waals surface area contributed by atoms with Gasteiger partial charge in [0.1, 0.15) is 17.3 Å². The normalized spacial score (nSPS) is 14.3. The average Bonchev–Trinajstić information content (AvgIpc) is 2.97. The molecular weight excluding hydrogens is 230 g/mol. The van der Waals surface area contributed by atoms with Gasteiger partial charge < -0.3 is 14.9 Å². The number of anilines is 1. The van der Waals surface area contributed by atoms with Gasteiger partial charge in [-0.05, 0) is 19.8 Å². The monoisotopic (exact) mass is 245 g/mol. The molecule has 0 aromatic carbocycles. The second-order valence-corrected chi connectivity index (χ2v) is 4.50. The molecule has 6 heteroatoms. The summed E-state index contributed by atoms with van der Waals surface area (Å²) in [6.07, 6.45) is 6.53. The Balaban J connectivity index is 1.83. The molecule has 0 unspecified atom stereocenters. The summed E-state index contributed by atoms with van der Waals surface area (Å²) >= 11 is 0. The highest BCUT2D eigenvalue weighted by Crippen LogP contribution is 2.20. The van der Waals surface area contributed by atoms with E-state index in [2.05, 4.69) is 24.8 Å². The minimum Gasteiger partial charge on any atom is -0.348 e. The molecule has 3 rings (SSSR count). The second-order valence-electron chi connectivity index (χ2n) is 4.50. The Morgan fingerprint density at radius 3 is 3.11 bits per heavy atom. The molecule has 1 amide bonds. The molecule has 94 valence electrons. The number of carbonyl (C=O) groups is 1. The molecule has 0 radical (unpaired) electrons. The number of hydrogen-bond donors (Lipinski definition) is 2. The molecule has 0 atom stereocenters. The van der Waals surface area contributed by atoms with Crippen molar-refractivity contribution in [3.8, 4) is 0 Å². The van der Waals surface area contributed by atoms with E-state index >= 15 is 0 Å². The van der Waals surface area contributed by atoms with Gasteiger partial charge in [-0.1, -0.05) is 0 Å². The lowest BCUT2D eigenvalue weighted by Gasteiger charge is -2.16. The molecule has 0 spiro atoms. The van der Waals surface area contributed by atoms with Crippen molar-refractivity contribution in [1.29, 1.82) is 0 Å². The van der Waals surface area contributed by atoms with Crippen LogP contribution in [0.2, 0.25) is 0 Å². The number of rotatable bonds is 2. The fourth-order valence-corrected chi connectivity index (χ4v) is 2.28. The van der Waals surface area contributed by atoms with E-state index < -0.39 is 0 Å². The molecule has 0 bridgehead atoms. The molecule has 2 N–H and O–H groups in total. The van der Waals surface area contributed by atoms with Gasteiger partial charge in [-0.3, -0.25) is 4.79 Å². The summed E-state index contributed by atoms with van der Waals surface area (Å²) in [4.78, 5) is 23.3. The predicted molar refractivity (Wildman–Crippen MR) is 66.4 cm³/mol. The first-order chi connectivity index (χ1) is 8.75. The Labute approximate surface area is 104 Å². The van der Waals surface area contributed by atoms with E-state index in [0.29, 0.717) is 5.69 Å². The van der Waals surface area contributed by atoms with E-state index in [-0.39, 0.29) is 5.91 Å². The summed E-state index contributed by atoms with van der Waals surface area (Å²) in [6.45, 7) is 2.75. The van der Waals surface area contributed by atoms with Crippen molar-refractivity contribution in [3.63, 3.8) is 0 Å². The van der Waals surface area contributed by atoms with Crippen LogP contribution in [0.25, 0.3) is 0 Å². The van der Waals surface area contributed by atoms with Gasteiger partial charge in [0.2, 0.25) is 0 Å². The third-order valence-electron chi connectivity index (χ3n) is 3.26. The Morgan fingerprint density at radius 1 is 1.44 bits per heavy atom. The molecule has 6 nitrogen and oxygen atoms in total. The zero-order chi connectivity index (χ0) is 12.5. The third kappa shape index (κ3) is 1.79. The van der Waals surface area contributed by atoms with Gasteiger partial charge in [0.15, 0.2) is 0 Å². The van der Waals surface area contributed by atoms with Crippen LogP contribution in [0.4, 0.5) is 5.82 Å². The number of aromatic nitrogens is 4. The molecule has 18 heavy (non-hydrogen) atoms. The van der Waals surface area contributed by atoms with Crippen molar-refractivity contribution in [1.82, 2.24) is 19.5 Å². The zero-order valence-electron chi connectivity index (χ0n) is 10.2. The summed E-state index contributed by atoms with van der Waals surface area (Å²) in [5.74, 6) is 1.62. The molecule has 2 aromatic heterocycles. The highest BCUT2D eigenvalue weighted by molar-refractivity contribution is 6.03.